The molecule has 0 atom stereocenters. The van der Waals surface area contributed by atoms with Gasteiger partial charge in [-0.25, -0.2) is 4.98 Å². The highest BCUT2D eigenvalue weighted by Gasteiger charge is 2.21. The minimum atomic E-state index is -0.0311. The average molecular weight is 375 g/mol. The Morgan fingerprint density at radius 2 is 2.24 bits per heavy atom. The van der Waals surface area contributed by atoms with E-state index >= 15 is 0 Å². The van der Waals surface area contributed by atoms with Gasteiger partial charge in [-0.05, 0) is 45.2 Å². The van der Waals surface area contributed by atoms with Crippen LogP contribution in [0.3, 0.4) is 0 Å². The van der Waals surface area contributed by atoms with Gasteiger partial charge in [0.25, 0.3) is 0 Å². The predicted octanol–water partition coefficient (Wildman–Crippen LogP) is 3.72. The topological polar surface area (TPSA) is 69.0 Å². The monoisotopic (exact) mass is 374 g/mol. The molecule has 3 rings (SSSR count). The number of rotatable bonds is 6. The van der Waals surface area contributed by atoms with Crippen LogP contribution in [0.2, 0.25) is 0 Å². The quantitative estimate of drug-likeness (QED) is 0.836. The standard InChI is InChI=1S/C18H22N4OS2/c1-12-20-13(11-24-12)10-22(2)8-7-17(23)21-18-15(9-19)14-5-3-4-6-16(14)25-18/h11H,3-8,10H2,1-2H3,(H,21,23). The fourth-order valence-corrected chi connectivity index (χ4v) is 4.95. The van der Waals surface area contributed by atoms with Crippen molar-refractivity contribution in [1.29, 1.82) is 5.26 Å². The van der Waals surface area contributed by atoms with Gasteiger partial charge in [0.05, 0.1) is 16.3 Å². The molecule has 1 aliphatic carbocycles. The zero-order valence-corrected chi connectivity index (χ0v) is 16.2. The second-order valence-corrected chi connectivity index (χ2v) is 8.59. The van der Waals surface area contributed by atoms with Crippen LogP contribution >= 0.6 is 22.7 Å². The van der Waals surface area contributed by atoms with E-state index in [0.29, 0.717) is 18.5 Å². The summed E-state index contributed by atoms with van der Waals surface area (Å²) in [6.07, 6.45) is 4.70. The number of anilines is 1. The lowest BCUT2D eigenvalue weighted by atomic mass is 9.96. The minimum absolute atomic E-state index is 0.0311. The van der Waals surface area contributed by atoms with Crippen molar-refractivity contribution >= 4 is 33.6 Å². The summed E-state index contributed by atoms with van der Waals surface area (Å²) in [5.74, 6) is -0.0311. The first kappa shape index (κ1) is 18.1. The summed E-state index contributed by atoms with van der Waals surface area (Å²) >= 11 is 3.22. The van der Waals surface area contributed by atoms with Crippen LogP contribution in [0.1, 0.15) is 46.0 Å². The number of aromatic nitrogens is 1. The number of hydrogen-bond acceptors (Lipinski definition) is 6. The number of amides is 1. The number of thiazole rings is 1. The van der Waals surface area contributed by atoms with E-state index in [1.165, 1.54) is 11.3 Å². The number of thiophene rings is 1. The molecule has 2 aromatic rings. The van der Waals surface area contributed by atoms with Crippen LogP contribution < -0.4 is 5.32 Å². The molecule has 0 unspecified atom stereocenters. The average Bonchev–Trinajstić information content (AvgIpc) is 3.15. The lowest BCUT2D eigenvalue weighted by Crippen LogP contribution is -2.24. The van der Waals surface area contributed by atoms with Gasteiger partial charge in [-0.2, -0.15) is 5.26 Å². The van der Waals surface area contributed by atoms with Gasteiger partial charge in [0.1, 0.15) is 11.1 Å². The second kappa shape index (κ2) is 8.09. The maximum absolute atomic E-state index is 12.3. The summed E-state index contributed by atoms with van der Waals surface area (Å²) in [5.41, 5.74) is 2.88. The number of aryl methyl sites for hydroxylation is 2. The first-order valence-corrected chi connectivity index (χ1v) is 10.2. The summed E-state index contributed by atoms with van der Waals surface area (Å²) < 4.78 is 0. The zero-order valence-electron chi connectivity index (χ0n) is 14.6. The van der Waals surface area contributed by atoms with Gasteiger partial charge in [-0.3, -0.25) is 4.79 Å². The molecule has 0 saturated heterocycles. The van der Waals surface area contributed by atoms with Gasteiger partial charge < -0.3 is 10.2 Å². The van der Waals surface area contributed by atoms with Crippen molar-refractivity contribution in [2.75, 3.05) is 18.9 Å². The molecule has 0 saturated carbocycles. The highest BCUT2D eigenvalue weighted by molar-refractivity contribution is 7.16. The maximum atomic E-state index is 12.3. The molecule has 0 spiro atoms. The molecule has 25 heavy (non-hydrogen) atoms. The first-order chi connectivity index (χ1) is 12.1. The van der Waals surface area contributed by atoms with Crippen molar-refractivity contribution < 1.29 is 4.79 Å². The lowest BCUT2D eigenvalue weighted by Gasteiger charge is -2.14. The van der Waals surface area contributed by atoms with Gasteiger partial charge in [0.15, 0.2) is 0 Å². The number of fused-ring (bicyclic) bond motifs is 1. The molecule has 1 aliphatic rings. The molecule has 2 heterocycles. The number of hydrogen-bond donors (Lipinski definition) is 1. The zero-order chi connectivity index (χ0) is 17.8. The normalized spacial score (nSPS) is 13.5. The third kappa shape index (κ3) is 4.46. The van der Waals surface area contributed by atoms with E-state index in [0.717, 1.165) is 47.1 Å². The summed E-state index contributed by atoms with van der Waals surface area (Å²) in [7, 11) is 1.99. The molecule has 5 nitrogen and oxygen atoms in total. The van der Waals surface area contributed by atoms with E-state index in [1.54, 1.807) is 22.7 Å². The molecule has 1 N–H and O–H groups in total. The van der Waals surface area contributed by atoms with Crippen LogP contribution in [0.5, 0.6) is 0 Å². The van der Waals surface area contributed by atoms with Gasteiger partial charge in [0, 0.05) is 29.8 Å². The van der Waals surface area contributed by atoms with Crippen molar-refractivity contribution in [3.63, 3.8) is 0 Å². The molecule has 0 bridgehead atoms. The van der Waals surface area contributed by atoms with E-state index in [4.69, 9.17) is 0 Å². The number of nitrogens with zero attached hydrogens (tertiary/aromatic N) is 3. The fourth-order valence-electron chi connectivity index (χ4n) is 3.09. The Balaban J connectivity index is 1.54. The Morgan fingerprint density at radius 1 is 1.44 bits per heavy atom. The van der Waals surface area contributed by atoms with E-state index in [1.807, 2.05) is 14.0 Å². The molecule has 132 valence electrons. The molecule has 2 aromatic heterocycles. The first-order valence-electron chi connectivity index (χ1n) is 8.51. The number of nitrogens with one attached hydrogen (secondary N) is 1. The summed E-state index contributed by atoms with van der Waals surface area (Å²) in [6, 6.07) is 2.29. The number of nitriles is 1. The lowest BCUT2D eigenvalue weighted by molar-refractivity contribution is -0.116. The third-order valence-electron chi connectivity index (χ3n) is 4.36. The largest absolute Gasteiger partial charge is 0.317 e. The molecule has 7 heteroatoms. The van der Waals surface area contributed by atoms with Crippen LogP contribution in [0.4, 0.5) is 5.00 Å². The van der Waals surface area contributed by atoms with Crippen molar-refractivity contribution in [1.82, 2.24) is 9.88 Å². The molecule has 0 aliphatic heterocycles. The van der Waals surface area contributed by atoms with Crippen molar-refractivity contribution in [3.8, 4) is 6.07 Å². The van der Waals surface area contributed by atoms with Crippen molar-refractivity contribution in [2.45, 2.75) is 45.6 Å². The summed E-state index contributed by atoms with van der Waals surface area (Å²) in [6.45, 7) is 3.40. The van der Waals surface area contributed by atoms with E-state index in [2.05, 4.69) is 26.6 Å². The van der Waals surface area contributed by atoms with E-state index in [9.17, 15) is 10.1 Å². The molecular formula is C18H22N4OS2. The van der Waals surface area contributed by atoms with Crippen LogP contribution in [-0.4, -0.2) is 29.4 Å². The fraction of sp³-hybridized carbons (Fsp3) is 0.500. The molecule has 1 amide bonds. The SMILES string of the molecule is Cc1nc(CN(C)CCC(=O)Nc2sc3c(c2C#N)CCCC3)cs1. The van der Waals surface area contributed by atoms with Crippen LogP contribution in [-0.2, 0) is 24.2 Å². The van der Waals surface area contributed by atoms with E-state index < -0.39 is 0 Å². The Morgan fingerprint density at radius 3 is 2.96 bits per heavy atom. The molecule has 0 aromatic carbocycles. The van der Waals surface area contributed by atoms with Crippen LogP contribution in [0, 0.1) is 18.3 Å². The smallest absolute Gasteiger partial charge is 0.226 e. The molecule has 0 radical (unpaired) electrons. The van der Waals surface area contributed by atoms with Gasteiger partial charge in [-0.1, -0.05) is 0 Å². The highest BCUT2D eigenvalue weighted by Crippen LogP contribution is 2.37. The Kier molecular flexibility index (Phi) is 5.84. The maximum Gasteiger partial charge on any atom is 0.226 e. The Hall–Kier alpha value is -1.75. The molecule has 0 fully saturated rings. The highest BCUT2D eigenvalue weighted by atomic mass is 32.1. The third-order valence-corrected chi connectivity index (χ3v) is 6.38. The minimum Gasteiger partial charge on any atom is -0.317 e. The Bertz CT molecular complexity index is 803. The van der Waals surface area contributed by atoms with Crippen molar-refractivity contribution in [3.05, 3.63) is 32.1 Å². The van der Waals surface area contributed by atoms with Gasteiger partial charge in [-0.15, -0.1) is 22.7 Å². The summed E-state index contributed by atoms with van der Waals surface area (Å²) in [5, 5.41) is 16.3. The van der Waals surface area contributed by atoms with Crippen LogP contribution in [0.15, 0.2) is 5.38 Å². The van der Waals surface area contributed by atoms with Gasteiger partial charge >= 0.3 is 0 Å². The van der Waals surface area contributed by atoms with Gasteiger partial charge in [0.2, 0.25) is 5.91 Å². The van der Waals surface area contributed by atoms with Crippen molar-refractivity contribution in [2.24, 2.45) is 0 Å². The molecular weight excluding hydrogens is 352 g/mol. The van der Waals surface area contributed by atoms with Crippen LogP contribution in [0.25, 0.3) is 0 Å². The second-order valence-electron chi connectivity index (χ2n) is 6.42. The predicted molar refractivity (Wildman–Crippen MR) is 102 cm³/mol. The summed E-state index contributed by atoms with van der Waals surface area (Å²) in [4.78, 5) is 20.1. The van der Waals surface area contributed by atoms with E-state index in [-0.39, 0.29) is 5.91 Å². The number of carbonyl (C=O) groups excluding carboxylic acids is 1. The number of carbonyl (C=O) groups is 1. The Labute approximate surface area is 156 Å².